The van der Waals surface area contributed by atoms with Crippen LogP contribution in [0, 0.1) is 0 Å². The van der Waals surface area contributed by atoms with Crippen molar-refractivity contribution in [3.05, 3.63) is 53.6 Å². The summed E-state index contributed by atoms with van der Waals surface area (Å²) in [7, 11) is -3.69. The fourth-order valence-electron chi connectivity index (χ4n) is 3.36. The number of sulfonamides is 1. The minimum atomic E-state index is -3.69. The van der Waals surface area contributed by atoms with E-state index < -0.39 is 10.0 Å². The van der Waals surface area contributed by atoms with Gasteiger partial charge in [0, 0.05) is 24.0 Å². The Bertz CT molecular complexity index is 822. The number of halogens is 1. The molecule has 4 nitrogen and oxygen atoms in total. The monoisotopic (exact) mass is 378 g/mol. The molecule has 1 unspecified atom stereocenters. The zero-order valence-electron chi connectivity index (χ0n) is 14.3. The van der Waals surface area contributed by atoms with Gasteiger partial charge in [0.1, 0.15) is 4.90 Å². The number of hydrogen-bond acceptors (Lipinski definition) is 3. The van der Waals surface area contributed by atoms with Crippen LogP contribution in [0.3, 0.4) is 0 Å². The lowest BCUT2D eigenvalue weighted by molar-refractivity contribution is 0.450. The zero-order chi connectivity index (χ0) is 17.9. The molecule has 25 heavy (non-hydrogen) atoms. The average molecular weight is 379 g/mol. The van der Waals surface area contributed by atoms with Gasteiger partial charge >= 0.3 is 0 Å². The van der Waals surface area contributed by atoms with E-state index in [2.05, 4.69) is 16.5 Å². The maximum atomic E-state index is 12.5. The number of piperidine rings is 1. The second-order valence-electron chi connectivity index (χ2n) is 6.33. The molecule has 0 amide bonds. The first-order valence-electron chi connectivity index (χ1n) is 8.65. The summed E-state index contributed by atoms with van der Waals surface area (Å²) in [5, 5.41) is 0.214. The molecule has 1 aliphatic heterocycles. The van der Waals surface area contributed by atoms with E-state index in [1.807, 2.05) is 24.3 Å². The maximum absolute atomic E-state index is 12.5. The molecule has 0 spiro atoms. The van der Waals surface area contributed by atoms with Crippen LogP contribution in [0.1, 0.15) is 32.6 Å². The van der Waals surface area contributed by atoms with Gasteiger partial charge in [-0.3, -0.25) is 4.72 Å². The Morgan fingerprint density at radius 2 is 1.84 bits per heavy atom. The van der Waals surface area contributed by atoms with E-state index in [0.717, 1.165) is 18.7 Å². The van der Waals surface area contributed by atoms with Gasteiger partial charge in [0.05, 0.1) is 5.02 Å². The minimum absolute atomic E-state index is 0.0859. The number of nitrogens with one attached hydrogen (secondary N) is 1. The standard InChI is InChI=1S/C19H23ClN2O2S/c1-2-16-7-5-6-14-22(16)17-12-10-15(11-13-17)21-25(23,24)19-9-4-3-8-18(19)20/h3-4,8-13,16,21H,2,5-7,14H2,1H3. The van der Waals surface area contributed by atoms with Crippen LogP contribution in [0.4, 0.5) is 11.4 Å². The molecule has 2 aromatic carbocycles. The Labute approximate surface area is 154 Å². The largest absolute Gasteiger partial charge is 0.369 e. The summed E-state index contributed by atoms with van der Waals surface area (Å²) < 4.78 is 27.6. The zero-order valence-corrected chi connectivity index (χ0v) is 15.9. The molecule has 0 aliphatic carbocycles. The van der Waals surface area contributed by atoms with E-state index in [0.29, 0.717) is 11.7 Å². The molecule has 1 saturated heterocycles. The second kappa shape index (κ2) is 7.67. The van der Waals surface area contributed by atoms with E-state index in [9.17, 15) is 8.42 Å². The molecule has 3 rings (SSSR count). The average Bonchev–Trinajstić information content (AvgIpc) is 2.62. The van der Waals surface area contributed by atoms with Gasteiger partial charge in [0.25, 0.3) is 10.0 Å². The molecule has 6 heteroatoms. The third kappa shape index (κ3) is 4.10. The molecule has 0 aromatic heterocycles. The quantitative estimate of drug-likeness (QED) is 0.804. The van der Waals surface area contributed by atoms with Crippen LogP contribution in [0.15, 0.2) is 53.4 Å². The van der Waals surface area contributed by atoms with Crippen molar-refractivity contribution >= 4 is 33.0 Å². The highest BCUT2D eigenvalue weighted by Crippen LogP contribution is 2.28. The second-order valence-corrected chi connectivity index (χ2v) is 8.39. The summed E-state index contributed by atoms with van der Waals surface area (Å²) in [4.78, 5) is 2.51. The summed E-state index contributed by atoms with van der Waals surface area (Å²) in [6.45, 7) is 3.28. The molecule has 134 valence electrons. The lowest BCUT2D eigenvalue weighted by Gasteiger charge is -2.37. The van der Waals surface area contributed by atoms with Crippen molar-refractivity contribution in [3.8, 4) is 0 Å². The van der Waals surface area contributed by atoms with Crippen molar-refractivity contribution in [2.75, 3.05) is 16.2 Å². The summed E-state index contributed by atoms with van der Waals surface area (Å²) in [5.74, 6) is 0. The minimum Gasteiger partial charge on any atom is -0.369 e. The van der Waals surface area contributed by atoms with E-state index in [1.54, 1.807) is 18.2 Å². The third-order valence-corrected chi connectivity index (χ3v) is 6.56. The van der Waals surface area contributed by atoms with Crippen molar-refractivity contribution < 1.29 is 8.42 Å². The van der Waals surface area contributed by atoms with Crippen LogP contribution < -0.4 is 9.62 Å². The van der Waals surface area contributed by atoms with Crippen LogP contribution in [-0.2, 0) is 10.0 Å². The predicted octanol–water partition coefficient (Wildman–Crippen LogP) is 4.91. The van der Waals surface area contributed by atoms with Gasteiger partial charge in [-0.1, -0.05) is 30.7 Å². The number of anilines is 2. The fourth-order valence-corrected chi connectivity index (χ4v) is 4.94. The summed E-state index contributed by atoms with van der Waals surface area (Å²) in [6.07, 6.45) is 4.83. The molecule has 0 radical (unpaired) electrons. The lowest BCUT2D eigenvalue weighted by Crippen LogP contribution is -2.39. The van der Waals surface area contributed by atoms with Gasteiger partial charge in [-0.05, 0) is 62.1 Å². The van der Waals surface area contributed by atoms with Gasteiger partial charge < -0.3 is 4.90 Å². The first-order valence-corrected chi connectivity index (χ1v) is 10.5. The Morgan fingerprint density at radius 1 is 1.12 bits per heavy atom. The number of hydrogen-bond donors (Lipinski definition) is 1. The van der Waals surface area contributed by atoms with Gasteiger partial charge in [-0.25, -0.2) is 8.42 Å². The molecule has 0 saturated carbocycles. The molecular formula is C19H23ClN2O2S. The van der Waals surface area contributed by atoms with Gasteiger partial charge in [-0.15, -0.1) is 0 Å². The molecule has 1 fully saturated rings. The summed E-state index contributed by atoms with van der Waals surface area (Å²) in [6, 6.07) is 14.6. The first-order chi connectivity index (χ1) is 12.0. The van der Waals surface area contributed by atoms with Gasteiger partial charge in [-0.2, -0.15) is 0 Å². The Morgan fingerprint density at radius 3 is 2.52 bits per heavy atom. The highest BCUT2D eigenvalue weighted by Gasteiger charge is 2.21. The van der Waals surface area contributed by atoms with Crippen LogP contribution >= 0.6 is 11.6 Å². The van der Waals surface area contributed by atoms with Crippen LogP contribution in [-0.4, -0.2) is 21.0 Å². The SMILES string of the molecule is CCC1CCCCN1c1ccc(NS(=O)(=O)c2ccccc2Cl)cc1. The smallest absolute Gasteiger partial charge is 0.263 e. The molecule has 1 atom stereocenters. The Balaban J connectivity index is 1.78. The number of nitrogens with zero attached hydrogens (tertiary/aromatic N) is 1. The van der Waals surface area contributed by atoms with Crippen molar-refractivity contribution in [2.45, 2.75) is 43.5 Å². The first kappa shape index (κ1) is 18.1. The highest BCUT2D eigenvalue weighted by atomic mass is 35.5. The topological polar surface area (TPSA) is 49.4 Å². The molecule has 1 aliphatic rings. The van der Waals surface area contributed by atoms with Gasteiger partial charge in [0.2, 0.25) is 0 Å². The van der Waals surface area contributed by atoms with Crippen molar-refractivity contribution in [1.29, 1.82) is 0 Å². The molecule has 1 N–H and O–H groups in total. The van der Waals surface area contributed by atoms with E-state index in [-0.39, 0.29) is 9.92 Å². The molecular weight excluding hydrogens is 356 g/mol. The highest BCUT2D eigenvalue weighted by molar-refractivity contribution is 7.92. The molecule has 0 bridgehead atoms. The van der Waals surface area contributed by atoms with Crippen molar-refractivity contribution in [3.63, 3.8) is 0 Å². The van der Waals surface area contributed by atoms with E-state index in [4.69, 9.17) is 11.6 Å². The maximum Gasteiger partial charge on any atom is 0.263 e. The fraction of sp³-hybridized carbons (Fsp3) is 0.368. The lowest BCUT2D eigenvalue weighted by atomic mass is 9.99. The van der Waals surface area contributed by atoms with Crippen molar-refractivity contribution in [2.24, 2.45) is 0 Å². The van der Waals surface area contributed by atoms with Gasteiger partial charge in [0.15, 0.2) is 0 Å². The number of benzene rings is 2. The molecule has 1 heterocycles. The Hall–Kier alpha value is -1.72. The third-order valence-electron chi connectivity index (χ3n) is 4.68. The van der Waals surface area contributed by atoms with E-state index >= 15 is 0 Å². The van der Waals surface area contributed by atoms with Crippen molar-refractivity contribution in [1.82, 2.24) is 0 Å². The summed E-state index contributed by atoms with van der Waals surface area (Å²) >= 11 is 6.01. The summed E-state index contributed by atoms with van der Waals surface area (Å²) in [5.41, 5.74) is 1.68. The van der Waals surface area contributed by atoms with Crippen LogP contribution in [0.2, 0.25) is 5.02 Å². The van der Waals surface area contributed by atoms with E-state index in [1.165, 1.54) is 25.3 Å². The Kier molecular flexibility index (Phi) is 5.54. The van der Waals surface area contributed by atoms with Crippen LogP contribution in [0.25, 0.3) is 0 Å². The van der Waals surface area contributed by atoms with Crippen LogP contribution in [0.5, 0.6) is 0 Å². The molecule has 2 aromatic rings. The normalized spacial score (nSPS) is 18.2. The number of rotatable bonds is 5. The predicted molar refractivity (Wildman–Crippen MR) is 104 cm³/mol.